The summed E-state index contributed by atoms with van der Waals surface area (Å²) in [6.07, 6.45) is 0. The van der Waals surface area contributed by atoms with Crippen LogP contribution in [0.15, 0.2) is 6.07 Å². The Labute approximate surface area is 104 Å². The minimum Gasteiger partial charge on any atom is -0.366 e. The van der Waals surface area contributed by atoms with Crippen LogP contribution in [-0.2, 0) is 0 Å². The van der Waals surface area contributed by atoms with Crippen LogP contribution in [0, 0.1) is 6.92 Å². The minimum atomic E-state index is 0.355. The number of likely N-dealkylation sites (N-methyl/N-ethyl adjacent to an activating group) is 1. The largest absolute Gasteiger partial charge is 0.366 e. The number of anilines is 2. The standard InChI is InChI=1S/C12H23N5/c1-6-13-12-15-9(2)7-11(16-12)14-10(3)8-17(4)5/h7,10H,6,8H2,1-5H3,(H2,13,14,15,16). The van der Waals surface area contributed by atoms with E-state index >= 15 is 0 Å². The summed E-state index contributed by atoms with van der Waals surface area (Å²) in [5.74, 6) is 1.56. The molecule has 0 aliphatic carbocycles. The van der Waals surface area contributed by atoms with Crippen molar-refractivity contribution in [3.63, 3.8) is 0 Å². The first kappa shape index (κ1) is 13.7. The molecule has 0 aliphatic rings. The summed E-state index contributed by atoms with van der Waals surface area (Å²) in [5.41, 5.74) is 0.968. The molecular formula is C12H23N5. The van der Waals surface area contributed by atoms with Crippen LogP contribution in [0.1, 0.15) is 19.5 Å². The Kier molecular flexibility index (Phi) is 5.15. The van der Waals surface area contributed by atoms with Crippen LogP contribution < -0.4 is 10.6 Å². The number of nitrogens with one attached hydrogen (secondary N) is 2. The molecule has 0 bridgehead atoms. The van der Waals surface area contributed by atoms with Crippen molar-refractivity contribution in [1.82, 2.24) is 14.9 Å². The van der Waals surface area contributed by atoms with E-state index in [1.165, 1.54) is 0 Å². The highest BCUT2D eigenvalue weighted by Gasteiger charge is 2.06. The van der Waals surface area contributed by atoms with Gasteiger partial charge in [0.15, 0.2) is 0 Å². The van der Waals surface area contributed by atoms with Gasteiger partial charge in [-0.2, -0.15) is 4.98 Å². The van der Waals surface area contributed by atoms with Crippen LogP contribution >= 0.6 is 0 Å². The molecule has 5 nitrogen and oxygen atoms in total. The molecule has 1 unspecified atom stereocenters. The van der Waals surface area contributed by atoms with E-state index in [2.05, 4.69) is 46.5 Å². The second-order valence-corrected chi connectivity index (χ2v) is 4.56. The SMILES string of the molecule is CCNc1nc(C)cc(NC(C)CN(C)C)n1. The average molecular weight is 237 g/mol. The fourth-order valence-corrected chi connectivity index (χ4v) is 1.73. The molecule has 1 aromatic rings. The van der Waals surface area contributed by atoms with Gasteiger partial charge >= 0.3 is 0 Å². The maximum atomic E-state index is 4.42. The van der Waals surface area contributed by atoms with E-state index in [1.54, 1.807) is 0 Å². The zero-order valence-electron chi connectivity index (χ0n) is 11.4. The maximum Gasteiger partial charge on any atom is 0.224 e. The number of aromatic nitrogens is 2. The summed E-state index contributed by atoms with van der Waals surface area (Å²) < 4.78 is 0. The van der Waals surface area contributed by atoms with Crippen molar-refractivity contribution in [2.24, 2.45) is 0 Å². The van der Waals surface area contributed by atoms with Crippen molar-refractivity contribution in [1.29, 1.82) is 0 Å². The van der Waals surface area contributed by atoms with Crippen LogP contribution in [-0.4, -0.2) is 48.1 Å². The molecule has 1 aromatic heterocycles. The van der Waals surface area contributed by atoms with Gasteiger partial charge in [-0.05, 0) is 34.9 Å². The third-order valence-electron chi connectivity index (χ3n) is 2.22. The molecule has 0 saturated heterocycles. The summed E-state index contributed by atoms with van der Waals surface area (Å²) >= 11 is 0. The Bertz CT molecular complexity index is 351. The summed E-state index contributed by atoms with van der Waals surface area (Å²) in [7, 11) is 4.13. The zero-order valence-corrected chi connectivity index (χ0v) is 11.4. The number of rotatable bonds is 6. The molecule has 1 rings (SSSR count). The van der Waals surface area contributed by atoms with Crippen molar-refractivity contribution in [2.45, 2.75) is 26.8 Å². The van der Waals surface area contributed by atoms with E-state index in [0.29, 0.717) is 12.0 Å². The molecule has 1 heterocycles. The maximum absolute atomic E-state index is 4.42. The summed E-state index contributed by atoms with van der Waals surface area (Å²) in [4.78, 5) is 10.9. The lowest BCUT2D eigenvalue weighted by molar-refractivity contribution is 0.392. The van der Waals surface area contributed by atoms with Crippen molar-refractivity contribution in [3.8, 4) is 0 Å². The van der Waals surface area contributed by atoms with E-state index in [0.717, 1.165) is 24.6 Å². The van der Waals surface area contributed by atoms with E-state index in [4.69, 9.17) is 0 Å². The zero-order chi connectivity index (χ0) is 12.8. The molecule has 0 saturated carbocycles. The third kappa shape index (κ3) is 4.99. The smallest absolute Gasteiger partial charge is 0.224 e. The molecular weight excluding hydrogens is 214 g/mol. The summed E-state index contributed by atoms with van der Waals surface area (Å²) in [6.45, 7) is 7.96. The summed E-state index contributed by atoms with van der Waals surface area (Å²) in [5, 5.41) is 6.51. The Balaban J connectivity index is 2.69. The Morgan fingerprint density at radius 3 is 2.65 bits per heavy atom. The van der Waals surface area contributed by atoms with E-state index in [-0.39, 0.29) is 0 Å². The first-order valence-corrected chi connectivity index (χ1v) is 6.02. The first-order valence-electron chi connectivity index (χ1n) is 6.02. The van der Waals surface area contributed by atoms with Gasteiger partial charge in [0.25, 0.3) is 0 Å². The topological polar surface area (TPSA) is 53.1 Å². The van der Waals surface area contributed by atoms with Crippen molar-refractivity contribution in [2.75, 3.05) is 37.8 Å². The molecule has 2 N–H and O–H groups in total. The lowest BCUT2D eigenvalue weighted by atomic mass is 10.3. The molecule has 0 aliphatic heterocycles. The molecule has 5 heteroatoms. The van der Waals surface area contributed by atoms with Gasteiger partial charge in [-0.1, -0.05) is 0 Å². The average Bonchev–Trinajstić information content (AvgIpc) is 2.14. The Hall–Kier alpha value is -1.36. The van der Waals surface area contributed by atoms with Crippen LogP contribution in [0.25, 0.3) is 0 Å². The van der Waals surface area contributed by atoms with Gasteiger partial charge in [-0.3, -0.25) is 0 Å². The molecule has 1 atom stereocenters. The van der Waals surface area contributed by atoms with E-state index in [9.17, 15) is 0 Å². The number of hydrogen-bond donors (Lipinski definition) is 2. The van der Waals surface area contributed by atoms with Crippen LogP contribution in [0.4, 0.5) is 11.8 Å². The Morgan fingerprint density at radius 1 is 1.35 bits per heavy atom. The van der Waals surface area contributed by atoms with Gasteiger partial charge in [0.05, 0.1) is 0 Å². The molecule has 0 amide bonds. The third-order valence-corrected chi connectivity index (χ3v) is 2.22. The van der Waals surface area contributed by atoms with Gasteiger partial charge in [0.2, 0.25) is 5.95 Å². The number of aryl methyl sites for hydroxylation is 1. The lowest BCUT2D eigenvalue weighted by Crippen LogP contribution is -2.30. The minimum absolute atomic E-state index is 0.355. The Morgan fingerprint density at radius 2 is 2.06 bits per heavy atom. The van der Waals surface area contributed by atoms with Crippen molar-refractivity contribution >= 4 is 11.8 Å². The molecule has 17 heavy (non-hydrogen) atoms. The second kappa shape index (κ2) is 6.39. The van der Waals surface area contributed by atoms with Crippen molar-refractivity contribution in [3.05, 3.63) is 11.8 Å². The fraction of sp³-hybridized carbons (Fsp3) is 0.667. The van der Waals surface area contributed by atoms with Gasteiger partial charge in [-0.25, -0.2) is 4.98 Å². The highest BCUT2D eigenvalue weighted by Crippen LogP contribution is 2.10. The van der Waals surface area contributed by atoms with Crippen LogP contribution in [0.2, 0.25) is 0 Å². The molecule has 0 spiro atoms. The van der Waals surface area contributed by atoms with Gasteiger partial charge in [-0.15, -0.1) is 0 Å². The molecule has 0 fully saturated rings. The summed E-state index contributed by atoms with van der Waals surface area (Å²) in [6, 6.07) is 2.32. The normalized spacial score (nSPS) is 12.6. The molecule has 0 aromatic carbocycles. The van der Waals surface area contributed by atoms with Crippen LogP contribution in [0.5, 0.6) is 0 Å². The first-order chi connectivity index (χ1) is 8.01. The van der Waals surface area contributed by atoms with E-state index < -0.39 is 0 Å². The van der Waals surface area contributed by atoms with E-state index in [1.807, 2.05) is 19.9 Å². The predicted molar refractivity (Wildman–Crippen MR) is 72.6 cm³/mol. The monoisotopic (exact) mass is 237 g/mol. The molecule has 96 valence electrons. The highest BCUT2D eigenvalue weighted by atomic mass is 15.2. The second-order valence-electron chi connectivity index (χ2n) is 4.56. The van der Waals surface area contributed by atoms with Crippen LogP contribution in [0.3, 0.4) is 0 Å². The predicted octanol–water partition coefficient (Wildman–Crippen LogP) is 1.58. The number of nitrogens with zero attached hydrogens (tertiary/aromatic N) is 3. The highest BCUT2D eigenvalue weighted by molar-refractivity contribution is 5.42. The van der Waals surface area contributed by atoms with Gasteiger partial charge < -0.3 is 15.5 Å². The van der Waals surface area contributed by atoms with Gasteiger partial charge in [0.1, 0.15) is 5.82 Å². The van der Waals surface area contributed by atoms with Gasteiger partial charge in [0, 0.05) is 30.9 Å². The quantitative estimate of drug-likeness (QED) is 0.786. The lowest BCUT2D eigenvalue weighted by Gasteiger charge is -2.19. The molecule has 0 radical (unpaired) electrons. The van der Waals surface area contributed by atoms with Crippen molar-refractivity contribution < 1.29 is 0 Å². The fourth-order valence-electron chi connectivity index (χ4n) is 1.73. The number of hydrogen-bond acceptors (Lipinski definition) is 5.